The number of allylic oxidation sites excluding steroid dienone is 2. The Morgan fingerprint density at radius 1 is 1.23 bits per heavy atom. The smallest absolute Gasteiger partial charge is 0.225 e. The third-order valence-electron chi connectivity index (χ3n) is 4.13. The van der Waals surface area contributed by atoms with E-state index < -0.39 is 0 Å². The molecule has 22 heavy (non-hydrogen) atoms. The zero-order valence-corrected chi connectivity index (χ0v) is 12.4. The summed E-state index contributed by atoms with van der Waals surface area (Å²) in [6.07, 6.45) is 4.20. The first-order chi connectivity index (χ1) is 10.7. The minimum atomic E-state index is -0.134. The highest BCUT2D eigenvalue weighted by atomic mass is 16.5. The number of Topliss-reactive ketones (excluding diaryl/α,β-unsaturated/α-hetero) is 1. The number of ketones is 1. The van der Waals surface area contributed by atoms with E-state index >= 15 is 0 Å². The van der Waals surface area contributed by atoms with Crippen LogP contribution in [-0.2, 0) is 9.59 Å². The predicted octanol–water partition coefficient (Wildman–Crippen LogP) is 2.86. The third kappa shape index (κ3) is 2.82. The molecule has 0 aromatic heterocycles. The van der Waals surface area contributed by atoms with Gasteiger partial charge in [-0.15, -0.1) is 0 Å². The van der Waals surface area contributed by atoms with Crippen molar-refractivity contribution >= 4 is 11.7 Å². The van der Waals surface area contributed by atoms with Gasteiger partial charge in [-0.2, -0.15) is 0 Å². The largest absolute Gasteiger partial charge is 0.490 e. The number of benzene rings is 1. The zero-order valence-electron chi connectivity index (χ0n) is 12.4. The predicted molar refractivity (Wildman–Crippen MR) is 83.5 cm³/mol. The number of carbonyl (C=O) groups excluding carboxylic acids is 2. The van der Waals surface area contributed by atoms with Crippen LogP contribution >= 0.6 is 0 Å². The molecule has 1 amide bonds. The lowest BCUT2D eigenvalue weighted by atomic mass is 9.78. The summed E-state index contributed by atoms with van der Waals surface area (Å²) >= 11 is 0. The summed E-state index contributed by atoms with van der Waals surface area (Å²) in [7, 11) is 0. The second kappa shape index (κ2) is 6.18. The lowest BCUT2D eigenvalue weighted by molar-refractivity contribution is -0.122. The van der Waals surface area contributed by atoms with Gasteiger partial charge in [-0.3, -0.25) is 9.59 Å². The molecule has 0 fully saturated rings. The maximum absolute atomic E-state index is 12.3. The summed E-state index contributed by atoms with van der Waals surface area (Å²) in [5.74, 6) is 0.779. The van der Waals surface area contributed by atoms with Crippen molar-refractivity contribution in [1.82, 2.24) is 5.32 Å². The fraction of sp³-hybridized carbons (Fsp3) is 0.333. The Hall–Kier alpha value is -2.36. The second-order valence-corrected chi connectivity index (χ2v) is 5.64. The molecule has 2 aliphatic rings. The molecular weight excluding hydrogens is 278 g/mol. The minimum Gasteiger partial charge on any atom is -0.490 e. The van der Waals surface area contributed by atoms with E-state index in [0.717, 1.165) is 35.4 Å². The van der Waals surface area contributed by atoms with Gasteiger partial charge in [-0.25, -0.2) is 0 Å². The van der Waals surface area contributed by atoms with E-state index in [1.807, 2.05) is 24.3 Å². The van der Waals surface area contributed by atoms with Crippen molar-refractivity contribution < 1.29 is 14.3 Å². The molecule has 0 saturated heterocycles. The number of ether oxygens (including phenoxy) is 1. The van der Waals surface area contributed by atoms with E-state index in [1.165, 1.54) is 0 Å². The van der Waals surface area contributed by atoms with Crippen molar-refractivity contribution in [2.45, 2.75) is 31.6 Å². The molecule has 0 bridgehead atoms. The number of rotatable bonds is 4. The van der Waals surface area contributed by atoms with Crippen LogP contribution in [0.25, 0.3) is 0 Å². The molecular formula is C18H19NO3. The van der Waals surface area contributed by atoms with Gasteiger partial charge < -0.3 is 10.1 Å². The fourth-order valence-electron chi connectivity index (χ4n) is 3.14. The molecule has 4 nitrogen and oxygen atoms in total. The molecule has 0 spiro atoms. The summed E-state index contributed by atoms with van der Waals surface area (Å²) in [6.45, 7) is 4.07. The standard InChI is InChI=1S/C18H19NO3/c1-2-10-22-13-8-6-12(7-9-13)14-11-17(21)19-15-4-3-5-16(20)18(14)15/h2,6-9,14H,1,3-5,10-11H2,(H,19,21)/t14-/m1/s1. The summed E-state index contributed by atoms with van der Waals surface area (Å²) in [6, 6.07) is 7.63. The van der Waals surface area contributed by atoms with Crippen molar-refractivity contribution in [3.63, 3.8) is 0 Å². The maximum Gasteiger partial charge on any atom is 0.225 e. The van der Waals surface area contributed by atoms with Gasteiger partial charge in [0.1, 0.15) is 12.4 Å². The molecule has 1 aliphatic heterocycles. The van der Waals surface area contributed by atoms with Crippen LogP contribution in [0.2, 0.25) is 0 Å². The van der Waals surface area contributed by atoms with Gasteiger partial charge in [0.15, 0.2) is 5.78 Å². The van der Waals surface area contributed by atoms with E-state index in [-0.39, 0.29) is 17.6 Å². The van der Waals surface area contributed by atoms with Crippen LogP contribution in [0.4, 0.5) is 0 Å². The molecule has 1 N–H and O–H groups in total. The van der Waals surface area contributed by atoms with Gasteiger partial charge in [0.25, 0.3) is 0 Å². The van der Waals surface area contributed by atoms with Crippen LogP contribution < -0.4 is 10.1 Å². The van der Waals surface area contributed by atoms with Crippen molar-refractivity contribution in [2.75, 3.05) is 6.61 Å². The molecule has 1 heterocycles. The molecule has 4 heteroatoms. The Morgan fingerprint density at radius 2 is 2.00 bits per heavy atom. The van der Waals surface area contributed by atoms with Crippen LogP contribution in [0.15, 0.2) is 48.2 Å². The Balaban J connectivity index is 1.90. The summed E-state index contributed by atoms with van der Waals surface area (Å²) in [4.78, 5) is 24.2. The average Bonchev–Trinajstić information content (AvgIpc) is 2.52. The monoisotopic (exact) mass is 297 g/mol. The lowest BCUT2D eigenvalue weighted by Crippen LogP contribution is -2.36. The molecule has 0 saturated carbocycles. The molecule has 1 aromatic rings. The van der Waals surface area contributed by atoms with E-state index in [0.29, 0.717) is 19.4 Å². The van der Waals surface area contributed by atoms with E-state index in [9.17, 15) is 9.59 Å². The molecule has 1 atom stereocenters. The van der Waals surface area contributed by atoms with Gasteiger partial charge in [0.2, 0.25) is 5.91 Å². The first-order valence-electron chi connectivity index (χ1n) is 7.59. The van der Waals surface area contributed by atoms with Gasteiger partial charge in [-0.1, -0.05) is 24.8 Å². The summed E-state index contributed by atoms with van der Waals surface area (Å²) < 4.78 is 5.47. The van der Waals surface area contributed by atoms with E-state index in [2.05, 4.69) is 11.9 Å². The number of hydrogen-bond donors (Lipinski definition) is 1. The van der Waals surface area contributed by atoms with Crippen molar-refractivity contribution in [1.29, 1.82) is 0 Å². The third-order valence-corrected chi connectivity index (χ3v) is 4.13. The van der Waals surface area contributed by atoms with Gasteiger partial charge in [-0.05, 0) is 30.5 Å². The maximum atomic E-state index is 12.3. The zero-order chi connectivity index (χ0) is 15.5. The van der Waals surface area contributed by atoms with Crippen LogP contribution in [-0.4, -0.2) is 18.3 Å². The number of hydrogen-bond acceptors (Lipinski definition) is 3. The van der Waals surface area contributed by atoms with E-state index in [1.54, 1.807) is 6.08 Å². The molecule has 3 rings (SSSR count). The van der Waals surface area contributed by atoms with Crippen molar-refractivity contribution in [3.05, 3.63) is 53.8 Å². The first-order valence-corrected chi connectivity index (χ1v) is 7.59. The molecule has 0 unspecified atom stereocenters. The van der Waals surface area contributed by atoms with Crippen LogP contribution in [0.5, 0.6) is 5.75 Å². The highest BCUT2D eigenvalue weighted by Gasteiger charge is 2.34. The Labute approximate surface area is 129 Å². The second-order valence-electron chi connectivity index (χ2n) is 5.64. The minimum absolute atomic E-state index is 0.00886. The summed E-state index contributed by atoms with van der Waals surface area (Å²) in [5, 5.41) is 2.87. The Bertz CT molecular complexity index is 643. The fourth-order valence-corrected chi connectivity index (χ4v) is 3.14. The highest BCUT2D eigenvalue weighted by Crippen LogP contribution is 2.38. The molecule has 114 valence electrons. The molecule has 1 aliphatic carbocycles. The van der Waals surface area contributed by atoms with Gasteiger partial charge >= 0.3 is 0 Å². The molecule has 0 radical (unpaired) electrons. The SMILES string of the molecule is C=CCOc1ccc([C@H]2CC(=O)NC3=C2C(=O)CCC3)cc1. The first kappa shape index (κ1) is 14.6. The quantitative estimate of drug-likeness (QED) is 0.869. The van der Waals surface area contributed by atoms with Crippen LogP contribution in [0, 0.1) is 0 Å². The highest BCUT2D eigenvalue weighted by molar-refractivity contribution is 6.01. The van der Waals surface area contributed by atoms with Crippen molar-refractivity contribution in [2.24, 2.45) is 0 Å². The molecule has 1 aromatic carbocycles. The topological polar surface area (TPSA) is 55.4 Å². The Kier molecular flexibility index (Phi) is 4.09. The van der Waals surface area contributed by atoms with Crippen molar-refractivity contribution in [3.8, 4) is 5.75 Å². The Morgan fingerprint density at radius 3 is 2.73 bits per heavy atom. The average molecular weight is 297 g/mol. The van der Waals surface area contributed by atoms with Crippen LogP contribution in [0.1, 0.15) is 37.2 Å². The normalized spacial score (nSPS) is 21.2. The van der Waals surface area contributed by atoms with Gasteiger partial charge in [0.05, 0.1) is 0 Å². The number of amides is 1. The summed E-state index contributed by atoms with van der Waals surface area (Å²) in [5.41, 5.74) is 2.61. The van der Waals surface area contributed by atoms with E-state index in [4.69, 9.17) is 4.74 Å². The lowest BCUT2D eigenvalue weighted by Gasteiger charge is -2.31. The van der Waals surface area contributed by atoms with Crippen LogP contribution in [0.3, 0.4) is 0 Å². The van der Waals surface area contributed by atoms with Gasteiger partial charge in [0, 0.05) is 30.0 Å². The number of nitrogens with one attached hydrogen (secondary N) is 1. The number of carbonyl (C=O) groups is 2.